The lowest BCUT2D eigenvalue weighted by Crippen LogP contribution is -2.31. The van der Waals surface area contributed by atoms with E-state index >= 15 is 0 Å². The molecule has 0 bridgehead atoms. The maximum Gasteiger partial charge on any atom is 0.192 e. The number of methoxy groups -OCH3 is 1. The van der Waals surface area contributed by atoms with Gasteiger partial charge < -0.3 is 15.2 Å². The highest BCUT2D eigenvalue weighted by Gasteiger charge is 2.17. The van der Waals surface area contributed by atoms with Crippen LogP contribution in [0.25, 0.3) is 0 Å². The predicted octanol–water partition coefficient (Wildman–Crippen LogP) is 1.11. The number of rotatable bonds is 5. The van der Waals surface area contributed by atoms with Crippen molar-refractivity contribution in [2.45, 2.75) is 6.10 Å². The third-order valence-electron chi connectivity index (χ3n) is 2.14. The average molecular weight is 244 g/mol. The summed E-state index contributed by atoms with van der Waals surface area (Å²) < 4.78 is 4.97. The number of carbonyl (C=O) groups is 1. The number of hydrogen-bond donors (Lipinski definition) is 2. The number of carbonyl (C=O) groups excluding carboxylic acids is 1. The molecular weight excluding hydrogens is 230 g/mol. The second-order valence-corrected chi connectivity index (χ2v) is 3.69. The monoisotopic (exact) mass is 243 g/mol. The standard InChI is InChI=1S/C11H14ClNO3/c1-13-6-9(14)11(15)7-3-4-10(16-2)8(12)5-7/h3-5,9,13-14H,6H2,1-2H3. The Morgan fingerprint density at radius 2 is 2.31 bits per heavy atom. The van der Waals surface area contributed by atoms with Crippen LogP contribution in [0.2, 0.25) is 5.02 Å². The topological polar surface area (TPSA) is 58.6 Å². The van der Waals surface area contributed by atoms with E-state index in [1.807, 2.05) is 0 Å². The van der Waals surface area contributed by atoms with E-state index in [1.165, 1.54) is 13.2 Å². The molecule has 0 aliphatic rings. The van der Waals surface area contributed by atoms with Crippen LogP contribution < -0.4 is 10.1 Å². The van der Waals surface area contributed by atoms with E-state index in [4.69, 9.17) is 16.3 Å². The molecule has 0 saturated carbocycles. The first-order valence-corrected chi connectivity index (χ1v) is 5.18. The predicted molar refractivity (Wildman–Crippen MR) is 62.3 cm³/mol. The number of likely N-dealkylation sites (N-methyl/N-ethyl adjacent to an activating group) is 1. The Labute approximate surface area is 99.2 Å². The van der Waals surface area contributed by atoms with Crippen LogP contribution in [0.5, 0.6) is 5.75 Å². The lowest BCUT2D eigenvalue weighted by molar-refractivity contribution is 0.0750. The summed E-state index contributed by atoms with van der Waals surface area (Å²) in [5.41, 5.74) is 0.369. The molecule has 1 atom stereocenters. The molecule has 2 N–H and O–H groups in total. The van der Waals surface area contributed by atoms with Crippen LogP contribution in [0, 0.1) is 0 Å². The van der Waals surface area contributed by atoms with Crippen molar-refractivity contribution in [3.63, 3.8) is 0 Å². The van der Waals surface area contributed by atoms with E-state index in [2.05, 4.69) is 5.32 Å². The number of nitrogens with one attached hydrogen (secondary N) is 1. The molecule has 1 rings (SSSR count). The van der Waals surface area contributed by atoms with E-state index in [-0.39, 0.29) is 12.3 Å². The molecule has 1 aromatic carbocycles. The van der Waals surface area contributed by atoms with Gasteiger partial charge in [-0.25, -0.2) is 0 Å². The first-order chi connectivity index (χ1) is 7.60. The normalized spacial score (nSPS) is 12.2. The van der Waals surface area contributed by atoms with Crippen molar-refractivity contribution in [2.24, 2.45) is 0 Å². The Kier molecular flexibility index (Phi) is 4.73. The Morgan fingerprint density at radius 3 is 2.81 bits per heavy atom. The van der Waals surface area contributed by atoms with Crippen molar-refractivity contribution < 1.29 is 14.6 Å². The van der Waals surface area contributed by atoms with Gasteiger partial charge in [-0.2, -0.15) is 0 Å². The van der Waals surface area contributed by atoms with Crippen LogP contribution >= 0.6 is 11.6 Å². The van der Waals surface area contributed by atoms with Gasteiger partial charge >= 0.3 is 0 Å². The van der Waals surface area contributed by atoms with Crippen LogP contribution in [0.1, 0.15) is 10.4 Å². The highest BCUT2D eigenvalue weighted by atomic mass is 35.5. The number of benzene rings is 1. The van der Waals surface area contributed by atoms with Gasteiger partial charge in [0.1, 0.15) is 11.9 Å². The minimum atomic E-state index is -1.06. The fraction of sp³-hybridized carbons (Fsp3) is 0.364. The van der Waals surface area contributed by atoms with Gasteiger partial charge in [0.25, 0.3) is 0 Å². The maximum absolute atomic E-state index is 11.7. The minimum absolute atomic E-state index is 0.211. The molecule has 0 amide bonds. The lowest BCUT2D eigenvalue weighted by Gasteiger charge is -2.10. The van der Waals surface area contributed by atoms with E-state index in [9.17, 15) is 9.90 Å². The Bertz CT molecular complexity index is 381. The second-order valence-electron chi connectivity index (χ2n) is 3.29. The van der Waals surface area contributed by atoms with Gasteiger partial charge in [-0.1, -0.05) is 11.6 Å². The molecule has 0 aromatic heterocycles. The Hall–Kier alpha value is -1.10. The summed E-state index contributed by atoms with van der Waals surface area (Å²) in [4.78, 5) is 11.7. The van der Waals surface area contributed by atoms with Gasteiger partial charge in [0.15, 0.2) is 5.78 Å². The number of ether oxygens (including phenoxy) is 1. The molecule has 16 heavy (non-hydrogen) atoms. The Balaban J connectivity index is 2.88. The lowest BCUT2D eigenvalue weighted by atomic mass is 10.1. The quantitative estimate of drug-likeness (QED) is 0.761. The van der Waals surface area contributed by atoms with Crippen molar-refractivity contribution in [2.75, 3.05) is 20.7 Å². The van der Waals surface area contributed by atoms with E-state index in [0.29, 0.717) is 16.3 Å². The van der Waals surface area contributed by atoms with Gasteiger partial charge in [-0.05, 0) is 25.2 Å². The highest BCUT2D eigenvalue weighted by molar-refractivity contribution is 6.32. The molecule has 1 unspecified atom stereocenters. The molecule has 0 saturated heterocycles. The summed E-state index contributed by atoms with van der Waals surface area (Å²) >= 11 is 5.88. The molecule has 0 aliphatic heterocycles. The van der Waals surface area contributed by atoms with Gasteiger partial charge in [-0.3, -0.25) is 4.79 Å². The van der Waals surface area contributed by atoms with Gasteiger partial charge in [0.05, 0.1) is 12.1 Å². The summed E-state index contributed by atoms with van der Waals surface area (Å²) in [6.07, 6.45) is -1.06. The summed E-state index contributed by atoms with van der Waals surface area (Å²) in [6, 6.07) is 4.66. The van der Waals surface area contributed by atoms with Crippen LogP contribution in [0.3, 0.4) is 0 Å². The number of aliphatic hydroxyl groups is 1. The number of Topliss-reactive ketones (excluding diaryl/α,β-unsaturated/α-hetero) is 1. The largest absolute Gasteiger partial charge is 0.495 e. The molecule has 0 radical (unpaired) electrons. The van der Waals surface area contributed by atoms with Crippen molar-refractivity contribution in [1.29, 1.82) is 0 Å². The fourth-order valence-corrected chi connectivity index (χ4v) is 1.56. The third-order valence-corrected chi connectivity index (χ3v) is 2.43. The fourth-order valence-electron chi connectivity index (χ4n) is 1.30. The van der Waals surface area contributed by atoms with Crippen LogP contribution in [0.15, 0.2) is 18.2 Å². The van der Waals surface area contributed by atoms with Crippen molar-refractivity contribution in [3.05, 3.63) is 28.8 Å². The van der Waals surface area contributed by atoms with E-state index < -0.39 is 6.10 Å². The average Bonchev–Trinajstić information content (AvgIpc) is 2.28. The summed E-state index contributed by atoms with van der Waals surface area (Å²) in [5.74, 6) is 0.139. The number of hydrogen-bond acceptors (Lipinski definition) is 4. The van der Waals surface area contributed by atoms with Crippen molar-refractivity contribution in [3.8, 4) is 5.75 Å². The zero-order valence-corrected chi connectivity index (χ0v) is 9.91. The molecular formula is C11H14ClNO3. The molecule has 4 nitrogen and oxygen atoms in total. The molecule has 5 heteroatoms. The second kappa shape index (κ2) is 5.84. The first kappa shape index (κ1) is 13.0. The number of aliphatic hydroxyl groups excluding tert-OH is 1. The van der Waals surface area contributed by atoms with E-state index in [1.54, 1.807) is 19.2 Å². The molecule has 0 spiro atoms. The van der Waals surface area contributed by atoms with Gasteiger partial charge in [-0.15, -0.1) is 0 Å². The third kappa shape index (κ3) is 2.95. The molecule has 0 heterocycles. The molecule has 0 aliphatic carbocycles. The van der Waals surface area contributed by atoms with Crippen LogP contribution in [0.4, 0.5) is 0 Å². The smallest absolute Gasteiger partial charge is 0.192 e. The zero-order valence-electron chi connectivity index (χ0n) is 9.16. The first-order valence-electron chi connectivity index (χ1n) is 4.80. The zero-order chi connectivity index (χ0) is 12.1. The summed E-state index contributed by atoms with van der Waals surface area (Å²) in [5, 5.41) is 12.6. The van der Waals surface area contributed by atoms with Gasteiger partial charge in [0.2, 0.25) is 0 Å². The molecule has 0 fully saturated rings. The summed E-state index contributed by atoms with van der Waals surface area (Å²) in [6.45, 7) is 0.211. The maximum atomic E-state index is 11.7. The van der Waals surface area contributed by atoms with Crippen molar-refractivity contribution in [1.82, 2.24) is 5.32 Å². The highest BCUT2D eigenvalue weighted by Crippen LogP contribution is 2.25. The van der Waals surface area contributed by atoms with Crippen LogP contribution in [-0.2, 0) is 0 Å². The Morgan fingerprint density at radius 1 is 1.62 bits per heavy atom. The van der Waals surface area contributed by atoms with Crippen molar-refractivity contribution >= 4 is 17.4 Å². The number of ketones is 1. The molecule has 1 aromatic rings. The van der Waals surface area contributed by atoms with Crippen LogP contribution in [-0.4, -0.2) is 37.7 Å². The molecule has 88 valence electrons. The summed E-state index contributed by atoms with van der Waals surface area (Å²) in [7, 11) is 3.16. The van der Waals surface area contributed by atoms with E-state index in [0.717, 1.165) is 0 Å². The minimum Gasteiger partial charge on any atom is -0.495 e. The van der Waals surface area contributed by atoms with Gasteiger partial charge in [0, 0.05) is 12.1 Å². The number of halogens is 1. The SMILES string of the molecule is CNCC(O)C(=O)c1ccc(OC)c(Cl)c1.